The molecule has 31 heavy (non-hydrogen) atoms. The Morgan fingerprint density at radius 1 is 1.16 bits per heavy atom. The first-order chi connectivity index (χ1) is 14.8. The maximum Gasteiger partial charge on any atom is 0.414 e. The van der Waals surface area contributed by atoms with E-state index in [-0.39, 0.29) is 18.1 Å². The first-order valence-corrected chi connectivity index (χ1v) is 10.9. The van der Waals surface area contributed by atoms with Crippen LogP contribution in [0.25, 0.3) is 11.1 Å². The molecule has 1 atom stereocenters. The van der Waals surface area contributed by atoms with Gasteiger partial charge in [-0.1, -0.05) is 6.07 Å². The Bertz CT molecular complexity index is 964. The van der Waals surface area contributed by atoms with Crippen molar-refractivity contribution in [2.75, 3.05) is 29.6 Å². The van der Waals surface area contributed by atoms with Gasteiger partial charge in [0.25, 0.3) is 0 Å². The zero-order valence-electron chi connectivity index (χ0n) is 18.6. The van der Waals surface area contributed by atoms with E-state index in [1.807, 2.05) is 56.0 Å². The van der Waals surface area contributed by atoms with E-state index in [9.17, 15) is 9.59 Å². The van der Waals surface area contributed by atoms with Crippen molar-refractivity contribution in [3.63, 3.8) is 0 Å². The molecular formula is C23H30N4O4. The lowest BCUT2D eigenvalue weighted by Crippen LogP contribution is -2.51. The predicted molar refractivity (Wildman–Crippen MR) is 118 cm³/mol. The third-order valence-corrected chi connectivity index (χ3v) is 5.81. The fraction of sp³-hybridized carbons (Fsp3) is 0.522. The third-order valence-electron chi connectivity index (χ3n) is 5.81. The van der Waals surface area contributed by atoms with E-state index >= 15 is 0 Å². The zero-order chi connectivity index (χ0) is 22.1. The molecule has 1 fully saturated rings. The summed E-state index contributed by atoms with van der Waals surface area (Å²) in [6.07, 6.45) is 5.17. The van der Waals surface area contributed by atoms with Crippen molar-refractivity contribution in [1.82, 2.24) is 9.78 Å². The Balaban J connectivity index is 1.70. The van der Waals surface area contributed by atoms with Crippen LogP contribution in [0.3, 0.4) is 0 Å². The zero-order valence-corrected chi connectivity index (χ0v) is 18.6. The lowest BCUT2D eigenvalue weighted by atomic mass is 10.0. The minimum absolute atomic E-state index is 0.0503. The van der Waals surface area contributed by atoms with Crippen molar-refractivity contribution in [1.29, 1.82) is 0 Å². The second-order valence-corrected chi connectivity index (χ2v) is 8.54. The Morgan fingerprint density at radius 3 is 2.58 bits per heavy atom. The van der Waals surface area contributed by atoms with Gasteiger partial charge in [-0.3, -0.25) is 14.4 Å². The van der Waals surface area contributed by atoms with Crippen LogP contribution in [-0.2, 0) is 14.3 Å². The van der Waals surface area contributed by atoms with Crippen molar-refractivity contribution in [3.8, 4) is 11.1 Å². The first kappa shape index (κ1) is 21.4. The lowest BCUT2D eigenvalue weighted by molar-refractivity contribution is -0.117. The fourth-order valence-electron chi connectivity index (χ4n) is 4.36. The summed E-state index contributed by atoms with van der Waals surface area (Å²) >= 11 is 0. The molecule has 1 saturated heterocycles. The molecule has 8 heteroatoms. The number of rotatable bonds is 3. The molecule has 0 spiro atoms. The van der Waals surface area contributed by atoms with E-state index in [2.05, 4.69) is 5.10 Å². The molecule has 0 radical (unpaired) electrons. The second-order valence-electron chi connectivity index (χ2n) is 8.54. The number of hydrogen-bond donors (Lipinski definition) is 0. The smallest absolute Gasteiger partial charge is 0.414 e. The summed E-state index contributed by atoms with van der Waals surface area (Å²) in [5.41, 5.74) is 3.31. The number of hydrogen-bond acceptors (Lipinski definition) is 5. The standard InChI is InChI=1S/C23H30N4O4/c1-15(2)31-23(29)25-13-16(3)27(17(4)28)21-6-5-18(11-22(21)25)19-12-24-26(14-19)20-7-9-30-10-8-20/h5-6,11-12,14-16,20H,7-10,13H2,1-4H3/t16-/m0/s1. The number of aromatic nitrogens is 2. The van der Waals surface area contributed by atoms with Crippen LogP contribution in [0.5, 0.6) is 0 Å². The highest BCUT2D eigenvalue weighted by atomic mass is 16.6. The SMILES string of the molecule is CC(=O)N1c2ccc(-c3cnn(C4CCOCC4)c3)cc2N(C(=O)OC(C)C)C[C@@H]1C. The molecule has 8 nitrogen and oxygen atoms in total. The van der Waals surface area contributed by atoms with Gasteiger partial charge < -0.3 is 14.4 Å². The van der Waals surface area contributed by atoms with Gasteiger partial charge >= 0.3 is 6.09 Å². The van der Waals surface area contributed by atoms with Crippen LogP contribution >= 0.6 is 0 Å². The van der Waals surface area contributed by atoms with Gasteiger partial charge in [-0.05, 0) is 51.3 Å². The van der Waals surface area contributed by atoms with E-state index < -0.39 is 6.09 Å². The van der Waals surface area contributed by atoms with Crippen LogP contribution in [0.15, 0.2) is 30.6 Å². The summed E-state index contributed by atoms with van der Waals surface area (Å²) in [7, 11) is 0. The molecule has 2 aliphatic heterocycles. The first-order valence-electron chi connectivity index (χ1n) is 10.9. The molecule has 3 heterocycles. The van der Waals surface area contributed by atoms with Gasteiger partial charge in [0.1, 0.15) is 0 Å². The summed E-state index contributed by atoms with van der Waals surface area (Å²) in [4.78, 5) is 28.5. The number of amides is 2. The van der Waals surface area contributed by atoms with E-state index in [1.54, 1.807) is 16.7 Å². The van der Waals surface area contributed by atoms with Crippen molar-refractivity contribution < 1.29 is 19.1 Å². The highest BCUT2D eigenvalue weighted by molar-refractivity contribution is 6.03. The topological polar surface area (TPSA) is 76.9 Å². The molecule has 166 valence electrons. The molecule has 2 amide bonds. The van der Waals surface area contributed by atoms with Gasteiger partial charge in [0.05, 0.1) is 35.8 Å². The summed E-state index contributed by atoms with van der Waals surface area (Å²) in [6.45, 7) is 9.03. The van der Waals surface area contributed by atoms with E-state index in [0.717, 1.165) is 37.2 Å². The molecule has 0 aliphatic carbocycles. The number of carbonyl (C=O) groups excluding carboxylic acids is 2. The molecule has 4 rings (SSSR count). The van der Waals surface area contributed by atoms with Gasteiger partial charge in [0.2, 0.25) is 5.91 Å². The van der Waals surface area contributed by atoms with Gasteiger partial charge in [-0.2, -0.15) is 5.10 Å². The molecule has 0 unspecified atom stereocenters. The van der Waals surface area contributed by atoms with Crippen LogP contribution < -0.4 is 9.80 Å². The fourth-order valence-corrected chi connectivity index (χ4v) is 4.36. The normalized spacial score (nSPS) is 19.5. The van der Waals surface area contributed by atoms with Gasteiger partial charge in [0.15, 0.2) is 0 Å². The van der Waals surface area contributed by atoms with E-state index in [0.29, 0.717) is 24.0 Å². The maximum atomic E-state index is 12.8. The number of carbonyl (C=O) groups is 2. The van der Waals surface area contributed by atoms with Gasteiger partial charge in [0, 0.05) is 38.4 Å². The summed E-state index contributed by atoms with van der Waals surface area (Å²) in [5, 5.41) is 4.57. The molecule has 0 bridgehead atoms. The van der Waals surface area contributed by atoms with Crippen molar-refractivity contribution in [2.45, 2.75) is 58.7 Å². The van der Waals surface area contributed by atoms with E-state index in [1.165, 1.54) is 0 Å². The Hall–Kier alpha value is -2.87. The number of fused-ring (bicyclic) bond motifs is 1. The maximum absolute atomic E-state index is 12.8. The Kier molecular flexibility index (Phi) is 6.00. The Labute approximate surface area is 182 Å². The molecule has 1 aromatic carbocycles. The second kappa shape index (κ2) is 8.70. The molecule has 2 aliphatic rings. The summed E-state index contributed by atoms with van der Waals surface area (Å²) < 4.78 is 12.9. The molecule has 0 N–H and O–H groups in total. The van der Waals surface area contributed by atoms with Crippen LogP contribution in [0.1, 0.15) is 46.6 Å². The molecule has 0 saturated carbocycles. The van der Waals surface area contributed by atoms with Crippen LogP contribution in [0, 0.1) is 0 Å². The monoisotopic (exact) mass is 426 g/mol. The predicted octanol–water partition coefficient (Wildman–Crippen LogP) is 4.01. The summed E-state index contributed by atoms with van der Waals surface area (Å²) in [5.74, 6) is -0.0503. The van der Waals surface area contributed by atoms with Crippen LogP contribution in [-0.4, -0.2) is 53.7 Å². The average Bonchev–Trinajstić information content (AvgIpc) is 3.23. The third kappa shape index (κ3) is 4.30. The molecular weight excluding hydrogens is 396 g/mol. The average molecular weight is 427 g/mol. The quantitative estimate of drug-likeness (QED) is 0.741. The number of ether oxygens (including phenoxy) is 2. The Morgan fingerprint density at radius 2 is 1.90 bits per heavy atom. The molecule has 1 aromatic heterocycles. The number of nitrogens with zero attached hydrogens (tertiary/aromatic N) is 4. The van der Waals surface area contributed by atoms with Crippen molar-refractivity contribution in [3.05, 3.63) is 30.6 Å². The van der Waals surface area contributed by atoms with Crippen LogP contribution in [0.4, 0.5) is 16.2 Å². The number of benzene rings is 1. The highest BCUT2D eigenvalue weighted by Gasteiger charge is 2.35. The largest absolute Gasteiger partial charge is 0.446 e. The van der Waals surface area contributed by atoms with Crippen LogP contribution in [0.2, 0.25) is 0 Å². The highest BCUT2D eigenvalue weighted by Crippen LogP contribution is 2.39. The number of anilines is 2. The van der Waals surface area contributed by atoms with Crippen molar-refractivity contribution >= 4 is 23.4 Å². The summed E-state index contributed by atoms with van der Waals surface area (Å²) in [6, 6.07) is 6.02. The minimum atomic E-state index is -0.402. The van der Waals surface area contributed by atoms with Gasteiger partial charge in [-0.25, -0.2) is 4.79 Å². The molecule has 2 aromatic rings. The van der Waals surface area contributed by atoms with Gasteiger partial charge in [-0.15, -0.1) is 0 Å². The van der Waals surface area contributed by atoms with Crippen molar-refractivity contribution in [2.24, 2.45) is 0 Å². The van der Waals surface area contributed by atoms with E-state index in [4.69, 9.17) is 9.47 Å². The minimum Gasteiger partial charge on any atom is -0.446 e. The lowest BCUT2D eigenvalue weighted by Gasteiger charge is -2.40.